The summed E-state index contributed by atoms with van der Waals surface area (Å²) < 4.78 is 13.7. The van der Waals surface area contributed by atoms with Gasteiger partial charge in [0, 0.05) is 33.2 Å². The number of nitrogens with one attached hydrogen (secondary N) is 1. The Kier molecular flexibility index (Phi) is 4.93. The topological polar surface area (TPSA) is 49.3 Å². The standard InChI is InChI=1S/C22H18NO2PS/c24-20-13-7-12-19(14-20)23-26(25)15-21(17-8-3-1-4-9-17)27-22(16-26)18-10-5-2-6-11-18/h1-16,24H,(H,23,25). The molecule has 0 aromatic heterocycles. The van der Waals surface area contributed by atoms with Crippen molar-refractivity contribution in [3.05, 3.63) is 108 Å². The quantitative estimate of drug-likeness (QED) is 0.479. The number of rotatable bonds is 4. The molecular weight excluding hydrogens is 373 g/mol. The zero-order valence-electron chi connectivity index (χ0n) is 14.4. The van der Waals surface area contributed by atoms with Gasteiger partial charge >= 0.3 is 0 Å². The molecule has 0 spiro atoms. The van der Waals surface area contributed by atoms with Crippen LogP contribution in [0.5, 0.6) is 5.75 Å². The van der Waals surface area contributed by atoms with Crippen LogP contribution in [0.2, 0.25) is 0 Å². The number of hydrogen-bond acceptors (Lipinski definition) is 3. The van der Waals surface area contributed by atoms with Gasteiger partial charge in [-0.1, -0.05) is 78.5 Å². The lowest BCUT2D eigenvalue weighted by Gasteiger charge is -2.23. The molecule has 3 aromatic carbocycles. The van der Waals surface area contributed by atoms with Crippen molar-refractivity contribution in [1.29, 1.82) is 0 Å². The van der Waals surface area contributed by atoms with Crippen molar-refractivity contribution in [2.24, 2.45) is 0 Å². The van der Waals surface area contributed by atoms with Crippen molar-refractivity contribution in [3.8, 4) is 5.75 Å². The zero-order valence-corrected chi connectivity index (χ0v) is 16.2. The molecule has 0 aliphatic carbocycles. The number of aromatic hydroxyl groups is 1. The van der Waals surface area contributed by atoms with E-state index < -0.39 is 7.29 Å². The van der Waals surface area contributed by atoms with Gasteiger partial charge in [-0.25, -0.2) is 0 Å². The molecule has 27 heavy (non-hydrogen) atoms. The highest BCUT2D eigenvalue weighted by atomic mass is 32.2. The van der Waals surface area contributed by atoms with Crippen LogP contribution in [-0.2, 0) is 4.57 Å². The Bertz CT molecular complexity index is 1000. The average Bonchev–Trinajstić information content (AvgIpc) is 2.68. The summed E-state index contributed by atoms with van der Waals surface area (Å²) in [6.45, 7) is 0. The summed E-state index contributed by atoms with van der Waals surface area (Å²) >= 11 is 1.61. The number of phenols is 1. The van der Waals surface area contributed by atoms with E-state index in [4.69, 9.17) is 0 Å². The molecule has 1 aliphatic heterocycles. The van der Waals surface area contributed by atoms with Gasteiger partial charge in [-0.2, -0.15) is 0 Å². The zero-order chi connectivity index (χ0) is 18.7. The number of hydrogen-bond donors (Lipinski definition) is 2. The maximum Gasteiger partial charge on any atom is 0.215 e. The van der Waals surface area contributed by atoms with Crippen LogP contribution >= 0.6 is 19.1 Å². The van der Waals surface area contributed by atoms with E-state index in [-0.39, 0.29) is 5.75 Å². The predicted molar refractivity (Wildman–Crippen MR) is 116 cm³/mol. The molecule has 0 atom stereocenters. The summed E-state index contributed by atoms with van der Waals surface area (Å²) in [6.07, 6.45) is 0. The SMILES string of the molecule is O=P1(Nc2cccc(O)c2)C=C(c2ccccc2)SC(c2ccccc2)=C1. The van der Waals surface area contributed by atoms with Crippen LogP contribution in [0.25, 0.3) is 9.81 Å². The first-order chi connectivity index (χ1) is 13.1. The second-order valence-corrected chi connectivity index (χ2v) is 9.43. The summed E-state index contributed by atoms with van der Waals surface area (Å²) in [5, 5.41) is 12.8. The Hall–Kier alpha value is -2.68. The molecule has 0 unspecified atom stereocenters. The van der Waals surface area contributed by atoms with E-state index in [0.29, 0.717) is 5.69 Å². The molecular formula is C22H18NO2PS. The van der Waals surface area contributed by atoms with Crippen molar-refractivity contribution in [2.45, 2.75) is 0 Å². The maximum absolute atomic E-state index is 13.7. The first kappa shape index (κ1) is 17.7. The Balaban J connectivity index is 1.78. The summed E-state index contributed by atoms with van der Waals surface area (Å²) in [5.41, 5.74) is 2.68. The lowest BCUT2D eigenvalue weighted by atomic mass is 10.2. The molecule has 0 fully saturated rings. The molecule has 0 saturated heterocycles. The van der Waals surface area contributed by atoms with E-state index in [9.17, 15) is 9.67 Å². The van der Waals surface area contributed by atoms with Crippen molar-refractivity contribution >= 4 is 34.6 Å². The molecule has 0 saturated carbocycles. The molecule has 3 aromatic rings. The fourth-order valence-corrected chi connectivity index (χ4v) is 6.72. The lowest BCUT2D eigenvalue weighted by Crippen LogP contribution is -1.98. The van der Waals surface area contributed by atoms with Gasteiger partial charge in [-0.05, 0) is 23.3 Å². The Morgan fingerprint density at radius 2 is 1.30 bits per heavy atom. The van der Waals surface area contributed by atoms with Gasteiger partial charge in [0.1, 0.15) is 5.75 Å². The molecule has 0 radical (unpaired) electrons. The highest BCUT2D eigenvalue weighted by Gasteiger charge is 2.26. The van der Waals surface area contributed by atoms with E-state index >= 15 is 0 Å². The molecule has 0 amide bonds. The molecule has 1 aliphatic rings. The molecule has 2 N–H and O–H groups in total. The minimum atomic E-state index is -3.00. The largest absolute Gasteiger partial charge is 0.508 e. The van der Waals surface area contributed by atoms with Crippen molar-refractivity contribution < 1.29 is 9.67 Å². The van der Waals surface area contributed by atoms with E-state index in [2.05, 4.69) is 5.09 Å². The van der Waals surface area contributed by atoms with Gasteiger partial charge < -0.3 is 10.2 Å². The van der Waals surface area contributed by atoms with Crippen molar-refractivity contribution in [2.75, 3.05) is 5.09 Å². The van der Waals surface area contributed by atoms with Crippen LogP contribution in [0.1, 0.15) is 11.1 Å². The highest BCUT2D eigenvalue weighted by Crippen LogP contribution is 2.60. The fraction of sp³-hybridized carbons (Fsp3) is 0. The van der Waals surface area contributed by atoms with Gasteiger partial charge in [-0.15, -0.1) is 0 Å². The van der Waals surface area contributed by atoms with E-state index in [1.54, 1.807) is 36.0 Å². The van der Waals surface area contributed by atoms with Crippen LogP contribution in [-0.4, -0.2) is 5.11 Å². The molecule has 1 heterocycles. The number of thioether (sulfide) groups is 1. The van der Waals surface area contributed by atoms with Crippen LogP contribution in [0.4, 0.5) is 5.69 Å². The molecule has 5 heteroatoms. The van der Waals surface area contributed by atoms with Gasteiger partial charge in [0.2, 0.25) is 7.29 Å². The Labute approximate surface area is 162 Å². The van der Waals surface area contributed by atoms with Crippen molar-refractivity contribution in [3.63, 3.8) is 0 Å². The maximum atomic E-state index is 13.7. The number of benzene rings is 3. The lowest BCUT2D eigenvalue weighted by molar-refractivity contribution is 0.475. The van der Waals surface area contributed by atoms with E-state index in [0.717, 1.165) is 20.9 Å². The second kappa shape index (κ2) is 7.51. The monoisotopic (exact) mass is 391 g/mol. The average molecular weight is 391 g/mol. The molecule has 4 rings (SSSR count). The summed E-state index contributed by atoms with van der Waals surface area (Å²) in [6, 6.07) is 26.6. The van der Waals surface area contributed by atoms with Crippen LogP contribution < -0.4 is 5.09 Å². The number of anilines is 1. The summed E-state index contributed by atoms with van der Waals surface area (Å²) in [7, 11) is -3.00. The van der Waals surface area contributed by atoms with Gasteiger partial charge in [0.15, 0.2) is 0 Å². The first-order valence-electron chi connectivity index (χ1n) is 8.52. The highest BCUT2D eigenvalue weighted by molar-refractivity contribution is 8.17. The van der Waals surface area contributed by atoms with E-state index in [1.165, 1.54) is 0 Å². The molecule has 3 nitrogen and oxygen atoms in total. The van der Waals surface area contributed by atoms with Crippen molar-refractivity contribution in [1.82, 2.24) is 0 Å². The fourth-order valence-electron chi connectivity index (χ4n) is 2.87. The smallest absolute Gasteiger partial charge is 0.215 e. The van der Waals surface area contributed by atoms with Crippen LogP contribution in [0.3, 0.4) is 0 Å². The van der Waals surface area contributed by atoms with Gasteiger partial charge in [0.25, 0.3) is 0 Å². The normalized spacial score (nSPS) is 15.6. The van der Waals surface area contributed by atoms with Gasteiger partial charge in [-0.3, -0.25) is 4.57 Å². The Morgan fingerprint density at radius 1 is 0.741 bits per heavy atom. The molecule has 0 bridgehead atoms. The third-order valence-corrected chi connectivity index (χ3v) is 7.49. The Morgan fingerprint density at radius 3 is 1.81 bits per heavy atom. The minimum absolute atomic E-state index is 0.137. The van der Waals surface area contributed by atoms with Crippen LogP contribution in [0.15, 0.2) is 96.6 Å². The molecule has 134 valence electrons. The summed E-state index contributed by atoms with van der Waals surface area (Å²) in [5.74, 6) is 3.75. The third-order valence-electron chi connectivity index (χ3n) is 4.10. The minimum Gasteiger partial charge on any atom is -0.508 e. The van der Waals surface area contributed by atoms with E-state index in [1.807, 2.05) is 72.3 Å². The first-order valence-corrected chi connectivity index (χ1v) is 11.2. The third kappa shape index (κ3) is 4.19. The number of phenolic OH excluding ortho intramolecular Hbond substituents is 1. The summed E-state index contributed by atoms with van der Waals surface area (Å²) in [4.78, 5) is 1.90. The second-order valence-electron chi connectivity index (χ2n) is 6.19. The van der Waals surface area contributed by atoms with Crippen LogP contribution in [0, 0.1) is 0 Å². The van der Waals surface area contributed by atoms with Gasteiger partial charge in [0.05, 0.1) is 0 Å². The predicted octanol–water partition coefficient (Wildman–Crippen LogP) is 6.83.